The van der Waals surface area contributed by atoms with Gasteiger partial charge in [-0.25, -0.2) is 0 Å². The van der Waals surface area contributed by atoms with Crippen molar-refractivity contribution >= 4 is 60.5 Å². The summed E-state index contributed by atoms with van der Waals surface area (Å²) in [4.78, 5) is 2.33. The number of benzene rings is 10. The maximum atomic E-state index is 6.80. The van der Waals surface area contributed by atoms with Crippen LogP contribution in [0.1, 0.15) is 0 Å². The summed E-state index contributed by atoms with van der Waals surface area (Å²) in [5.74, 6) is 0. The highest BCUT2D eigenvalue weighted by molar-refractivity contribution is 6.11. The molecular formula is C56H37NO. The number of hydrogen-bond donors (Lipinski definition) is 0. The molecule has 0 aliphatic carbocycles. The lowest BCUT2D eigenvalue weighted by Crippen LogP contribution is -2.10. The number of nitrogens with zero attached hydrogens (tertiary/aromatic N) is 1. The molecule has 11 aromatic rings. The molecule has 0 unspecified atom stereocenters. The van der Waals surface area contributed by atoms with Crippen molar-refractivity contribution in [2.24, 2.45) is 0 Å². The first-order valence-electron chi connectivity index (χ1n) is 19.8. The van der Waals surface area contributed by atoms with Crippen molar-refractivity contribution in [3.63, 3.8) is 0 Å². The predicted molar refractivity (Wildman–Crippen MR) is 245 cm³/mol. The third kappa shape index (κ3) is 5.91. The number of hydrogen-bond acceptors (Lipinski definition) is 2. The molecular weight excluding hydrogens is 703 g/mol. The Kier molecular flexibility index (Phi) is 8.19. The van der Waals surface area contributed by atoms with Gasteiger partial charge in [0.2, 0.25) is 0 Å². The molecule has 0 fully saturated rings. The Labute approximate surface area is 337 Å². The second kappa shape index (κ2) is 14.1. The first-order valence-corrected chi connectivity index (χ1v) is 19.8. The second-order valence-corrected chi connectivity index (χ2v) is 14.9. The molecule has 272 valence electrons. The minimum Gasteiger partial charge on any atom is -0.454 e. The van der Waals surface area contributed by atoms with E-state index in [1.54, 1.807) is 0 Å². The van der Waals surface area contributed by atoms with Crippen LogP contribution < -0.4 is 4.90 Å². The number of para-hydroxylation sites is 1. The zero-order chi connectivity index (χ0) is 38.4. The lowest BCUT2D eigenvalue weighted by atomic mass is 9.91. The molecule has 2 nitrogen and oxygen atoms in total. The van der Waals surface area contributed by atoms with Crippen LogP contribution in [0.2, 0.25) is 0 Å². The van der Waals surface area contributed by atoms with Crippen LogP contribution >= 0.6 is 0 Å². The Bertz CT molecular complexity index is 3250. The van der Waals surface area contributed by atoms with E-state index in [0.717, 1.165) is 44.6 Å². The van der Waals surface area contributed by atoms with E-state index in [0.29, 0.717) is 0 Å². The molecule has 1 aromatic heterocycles. The molecule has 0 atom stereocenters. The lowest BCUT2D eigenvalue weighted by molar-refractivity contribution is 0.669. The topological polar surface area (TPSA) is 16.4 Å². The van der Waals surface area contributed by atoms with Gasteiger partial charge >= 0.3 is 0 Å². The summed E-state index contributed by atoms with van der Waals surface area (Å²) in [7, 11) is 0. The van der Waals surface area contributed by atoms with E-state index in [2.05, 4.69) is 229 Å². The zero-order valence-electron chi connectivity index (χ0n) is 31.7. The molecule has 58 heavy (non-hydrogen) atoms. The van der Waals surface area contributed by atoms with E-state index in [1.165, 1.54) is 60.5 Å². The highest BCUT2D eigenvalue weighted by Gasteiger charge is 2.21. The lowest BCUT2D eigenvalue weighted by Gasteiger charge is -2.26. The van der Waals surface area contributed by atoms with Crippen LogP contribution in [0.15, 0.2) is 229 Å². The summed E-state index contributed by atoms with van der Waals surface area (Å²) in [6, 6.07) is 80.6. The van der Waals surface area contributed by atoms with Gasteiger partial charge in [0.1, 0.15) is 5.58 Å². The molecule has 0 amide bonds. The fourth-order valence-corrected chi connectivity index (χ4v) is 8.59. The number of rotatable bonds is 7. The van der Waals surface area contributed by atoms with Crippen molar-refractivity contribution in [2.45, 2.75) is 0 Å². The molecule has 0 aliphatic heterocycles. The van der Waals surface area contributed by atoms with E-state index in [4.69, 9.17) is 4.42 Å². The highest BCUT2D eigenvalue weighted by atomic mass is 16.3. The van der Waals surface area contributed by atoms with Crippen molar-refractivity contribution < 1.29 is 4.42 Å². The molecule has 0 N–H and O–H groups in total. The predicted octanol–water partition coefficient (Wildman–Crippen LogP) is 16.0. The van der Waals surface area contributed by atoms with Crippen molar-refractivity contribution in [1.29, 1.82) is 0 Å². The normalized spacial score (nSPS) is 11.4. The zero-order valence-corrected chi connectivity index (χ0v) is 31.7. The summed E-state index contributed by atoms with van der Waals surface area (Å²) in [6.07, 6.45) is 0. The van der Waals surface area contributed by atoms with Gasteiger partial charge in [-0.1, -0.05) is 170 Å². The van der Waals surface area contributed by atoms with Crippen LogP contribution in [0, 0.1) is 0 Å². The maximum Gasteiger partial charge on any atom is 0.159 e. The molecule has 1 heterocycles. The molecule has 0 saturated carbocycles. The molecule has 2 heteroatoms. The Balaban J connectivity index is 1.07. The third-order valence-corrected chi connectivity index (χ3v) is 11.5. The van der Waals surface area contributed by atoms with Gasteiger partial charge in [-0.2, -0.15) is 0 Å². The summed E-state index contributed by atoms with van der Waals surface area (Å²) in [5.41, 5.74) is 14.3. The fraction of sp³-hybridized carbons (Fsp3) is 0. The van der Waals surface area contributed by atoms with Gasteiger partial charge in [-0.05, 0) is 121 Å². The van der Waals surface area contributed by atoms with E-state index in [-0.39, 0.29) is 0 Å². The fourth-order valence-electron chi connectivity index (χ4n) is 8.59. The Morgan fingerprint density at radius 1 is 0.293 bits per heavy atom. The SMILES string of the molecule is c1ccc(-c2ccc3oc4c(N(c5ccc(-c6cc7ccccc7cc6-c6ccccc6)cc5)c5ccc(-c6cccc7ccccc67)cc5)cccc4c3c2)cc1. The maximum absolute atomic E-state index is 6.80. The van der Waals surface area contributed by atoms with E-state index < -0.39 is 0 Å². The molecule has 10 aromatic carbocycles. The summed E-state index contributed by atoms with van der Waals surface area (Å²) in [6.45, 7) is 0. The van der Waals surface area contributed by atoms with Crippen LogP contribution in [0.4, 0.5) is 17.1 Å². The van der Waals surface area contributed by atoms with Crippen LogP contribution in [-0.2, 0) is 0 Å². The van der Waals surface area contributed by atoms with Gasteiger partial charge in [-0.3, -0.25) is 0 Å². The van der Waals surface area contributed by atoms with Gasteiger partial charge < -0.3 is 9.32 Å². The quantitative estimate of drug-likeness (QED) is 0.162. The van der Waals surface area contributed by atoms with Gasteiger partial charge in [0.25, 0.3) is 0 Å². The van der Waals surface area contributed by atoms with Crippen LogP contribution in [-0.4, -0.2) is 0 Å². The Morgan fingerprint density at radius 3 is 1.47 bits per heavy atom. The third-order valence-electron chi connectivity index (χ3n) is 11.5. The Hall–Kier alpha value is -7.68. The van der Waals surface area contributed by atoms with E-state index in [9.17, 15) is 0 Å². The molecule has 11 rings (SSSR count). The van der Waals surface area contributed by atoms with Crippen molar-refractivity contribution in [3.8, 4) is 44.5 Å². The van der Waals surface area contributed by atoms with Crippen molar-refractivity contribution in [3.05, 3.63) is 224 Å². The first kappa shape index (κ1) is 33.6. The number of anilines is 3. The minimum atomic E-state index is 0.853. The van der Waals surface area contributed by atoms with Gasteiger partial charge in [-0.15, -0.1) is 0 Å². The first-order chi connectivity index (χ1) is 28.7. The molecule has 0 aliphatic rings. The number of fused-ring (bicyclic) bond motifs is 5. The van der Waals surface area contributed by atoms with Crippen LogP contribution in [0.25, 0.3) is 88.0 Å². The molecule has 0 saturated heterocycles. The van der Waals surface area contributed by atoms with Gasteiger partial charge in [0, 0.05) is 22.1 Å². The monoisotopic (exact) mass is 739 g/mol. The second-order valence-electron chi connectivity index (χ2n) is 14.9. The molecule has 0 radical (unpaired) electrons. The van der Waals surface area contributed by atoms with Crippen molar-refractivity contribution in [2.75, 3.05) is 4.90 Å². The smallest absolute Gasteiger partial charge is 0.159 e. The number of furan rings is 1. The van der Waals surface area contributed by atoms with Crippen LogP contribution in [0.5, 0.6) is 0 Å². The largest absolute Gasteiger partial charge is 0.454 e. The Morgan fingerprint density at radius 2 is 0.793 bits per heavy atom. The minimum absolute atomic E-state index is 0.853. The molecule has 0 spiro atoms. The summed E-state index contributed by atoms with van der Waals surface area (Å²) < 4.78 is 6.80. The summed E-state index contributed by atoms with van der Waals surface area (Å²) >= 11 is 0. The standard InChI is InChI=1S/C56H37NO/c1-3-13-38(14-4-1)45-29-34-55-53(37-45)50-23-12-24-54(56(50)58-55)57(46-30-25-41(26-31-46)49-22-11-20-39-17-9-10-21-48(39)49)47-32-27-42(28-33-47)52-36-44-19-8-7-18-43(44)35-51(52)40-15-5-2-6-16-40/h1-37H. The average Bonchev–Trinajstić information content (AvgIpc) is 3.68. The molecule has 0 bridgehead atoms. The van der Waals surface area contributed by atoms with E-state index >= 15 is 0 Å². The summed E-state index contributed by atoms with van der Waals surface area (Å²) in [5, 5.41) is 7.12. The highest BCUT2D eigenvalue weighted by Crippen LogP contribution is 2.44. The van der Waals surface area contributed by atoms with E-state index in [1.807, 2.05) is 0 Å². The van der Waals surface area contributed by atoms with Gasteiger partial charge in [0.15, 0.2) is 5.58 Å². The van der Waals surface area contributed by atoms with Crippen molar-refractivity contribution in [1.82, 2.24) is 0 Å². The average molecular weight is 740 g/mol. The van der Waals surface area contributed by atoms with Gasteiger partial charge in [0.05, 0.1) is 5.69 Å². The van der Waals surface area contributed by atoms with Crippen LogP contribution in [0.3, 0.4) is 0 Å².